The Hall–Kier alpha value is -2.04. The monoisotopic (exact) mass is 318 g/mol. The minimum absolute atomic E-state index is 0.0365. The van der Waals surface area contributed by atoms with Gasteiger partial charge in [0.05, 0.1) is 0 Å². The van der Waals surface area contributed by atoms with Crippen LogP contribution in [0.2, 0.25) is 0 Å². The Bertz CT molecular complexity index is 509. The molecule has 0 saturated heterocycles. The fourth-order valence-electron chi connectivity index (χ4n) is 2.31. The zero-order valence-electron chi connectivity index (χ0n) is 14.8. The van der Waals surface area contributed by atoms with E-state index >= 15 is 0 Å². The lowest BCUT2D eigenvalue weighted by atomic mass is 10.0. The van der Waals surface area contributed by atoms with Crippen molar-refractivity contribution >= 4 is 11.9 Å². The SMILES string of the molecule is CCNC(=O)c1cccc(CNC(=NC)NCC(CC)CC)c1. The van der Waals surface area contributed by atoms with Gasteiger partial charge in [-0.05, 0) is 30.5 Å². The van der Waals surface area contributed by atoms with E-state index in [9.17, 15) is 4.79 Å². The van der Waals surface area contributed by atoms with Gasteiger partial charge in [0.2, 0.25) is 0 Å². The van der Waals surface area contributed by atoms with Crippen molar-refractivity contribution in [3.05, 3.63) is 35.4 Å². The van der Waals surface area contributed by atoms with Gasteiger partial charge in [0, 0.05) is 32.2 Å². The molecule has 1 aromatic rings. The molecule has 0 saturated carbocycles. The Morgan fingerprint density at radius 3 is 2.48 bits per heavy atom. The van der Waals surface area contributed by atoms with Crippen molar-refractivity contribution in [3.63, 3.8) is 0 Å². The molecule has 1 amide bonds. The zero-order valence-corrected chi connectivity index (χ0v) is 14.8. The summed E-state index contributed by atoms with van der Waals surface area (Å²) in [5, 5.41) is 9.47. The highest BCUT2D eigenvalue weighted by atomic mass is 16.1. The molecular formula is C18H30N4O. The second-order valence-corrected chi connectivity index (χ2v) is 5.55. The molecule has 5 nitrogen and oxygen atoms in total. The number of carbonyl (C=O) groups is 1. The third-order valence-corrected chi connectivity index (χ3v) is 3.92. The van der Waals surface area contributed by atoms with Gasteiger partial charge < -0.3 is 16.0 Å². The molecule has 0 aliphatic heterocycles. The quantitative estimate of drug-likeness (QED) is 0.510. The molecule has 0 fully saturated rings. The first-order valence-corrected chi connectivity index (χ1v) is 8.46. The van der Waals surface area contributed by atoms with Gasteiger partial charge in [0.25, 0.3) is 5.91 Å². The topological polar surface area (TPSA) is 65.5 Å². The standard InChI is InChI=1S/C18H30N4O/c1-5-14(6-2)12-21-18(19-4)22-13-15-9-8-10-16(11-15)17(23)20-7-3/h8-11,14H,5-7,12-13H2,1-4H3,(H,20,23)(H2,19,21,22). The molecule has 0 aromatic heterocycles. The van der Waals surface area contributed by atoms with Gasteiger partial charge in [0.1, 0.15) is 0 Å². The third kappa shape index (κ3) is 6.72. The van der Waals surface area contributed by atoms with E-state index in [4.69, 9.17) is 0 Å². The van der Waals surface area contributed by atoms with Crippen LogP contribution in [-0.4, -0.2) is 32.0 Å². The molecule has 1 aromatic carbocycles. The smallest absolute Gasteiger partial charge is 0.251 e. The fraction of sp³-hybridized carbons (Fsp3) is 0.556. The number of aliphatic imine (C=N–C) groups is 1. The molecule has 0 atom stereocenters. The van der Waals surface area contributed by atoms with Crippen LogP contribution in [0.15, 0.2) is 29.3 Å². The maximum absolute atomic E-state index is 11.9. The number of nitrogens with one attached hydrogen (secondary N) is 3. The summed E-state index contributed by atoms with van der Waals surface area (Å²) < 4.78 is 0. The second-order valence-electron chi connectivity index (χ2n) is 5.55. The predicted octanol–water partition coefficient (Wildman–Crippen LogP) is 2.54. The summed E-state index contributed by atoms with van der Waals surface area (Å²) in [4.78, 5) is 16.1. The predicted molar refractivity (Wildman–Crippen MR) is 96.7 cm³/mol. The summed E-state index contributed by atoms with van der Waals surface area (Å²) in [6, 6.07) is 7.65. The molecule has 23 heavy (non-hydrogen) atoms. The van der Waals surface area contributed by atoms with Gasteiger partial charge in [0.15, 0.2) is 5.96 Å². The van der Waals surface area contributed by atoms with Crippen LogP contribution in [0.5, 0.6) is 0 Å². The highest BCUT2D eigenvalue weighted by Gasteiger charge is 2.07. The normalized spacial score (nSPS) is 11.4. The van der Waals surface area contributed by atoms with E-state index < -0.39 is 0 Å². The highest BCUT2D eigenvalue weighted by Crippen LogP contribution is 2.06. The lowest BCUT2D eigenvalue weighted by Crippen LogP contribution is -2.39. The van der Waals surface area contributed by atoms with Crippen molar-refractivity contribution in [2.75, 3.05) is 20.1 Å². The van der Waals surface area contributed by atoms with Crippen LogP contribution in [0, 0.1) is 5.92 Å². The van der Waals surface area contributed by atoms with Crippen molar-refractivity contribution < 1.29 is 4.79 Å². The number of hydrogen-bond acceptors (Lipinski definition) is 2. The summed E-state index contributed by atoms with van der Waals surface area (Å²) in [5.41, 5.74) is 1.74. The van der Waals surface area contributed by atoms with Gasteiger partial charge in [-0.25, -0.2) is 0 Å². The molecule has 3 N–H and O–H groups in total. The maximum atomic E-state index is 11.9. The van der Waals surface area contributed by atoms with Crippen LogP contribution in [0.25, 0.3) is 0 Å². The van der Waals surface area contributed by atoms with Crippen molar-refractivity contribution in [3.8, 4) is 0 Å². The molecule has 128 valence electrons. The molecule has 0 bridgehead atoms. The summed E-state index contributed by atoms with van der Waals surface area (Å²) in [7, 11) is 1.77. The van der Waals surface area contributed by atoms with Gasteiger partial charge >= 0.3 is 0 Å². The van der Waals surface area contributed by atoms with Gasteiger partial charge in [-0.3, -0.25) is 9.79 Å². The average Bonchev–Trinajstić information content (AvgIpc) is 2.58. The Labute approximate surface area is 140 Å². The Morgan fingerprint density at radius 1 is 1.13 bits per heavy atom. The number of carbonyl (C=O) groups excluding carboxylic acids is 1. The van der Waals surface area contributed by atoms with Crippen LogP contribution in [0.1, 0.15) is 49.5 Å². The third-order valence-electron chi connectivity index (χ3n) is 3.92. The van der Waals surface area contributed by atoms with E-state index in [-0.39, 0.29) is 5.91 Å². The minimum Gasteiger partial charge on any atom is -0.356 e. The van der Waals surface area contributed by atoms with E-state index in [2.05, 4.69) is 34.8 Å². The Kier molecular flexibility index (Phi) is 8.80. The fourth-order valence-corrected chi connectivity index (χ4v) is 2.31. The number of benzene rings is 1. The lowest BCUT2D eigenvalue weighted by molar-refractivity contribution is 0.0955. The first-order chi connectivity index (χ1) is 11.1. The van der Waals surface area contributed by atoms with Crippen molar-refractivity contribution in [2.24, 2.45) is 10.9 Å². The van der Waals surface area contributed by atoms with Crippen LogP contribution in [0.3, 0.4) is 0 Å². The molecular weight excluding hydrogens is 288 g/mol. The highest BCUT2D eigenvalue weighted by molar-refractivity contribution is 5.94. The van der Waals surface area contributed by atoms with E-state index in [0.717, 1.165) is 30.9 Å². The summed E-state index contributed by atoms with van der Waals surface area (Å²) in [6.45, 7) is 8.52. The molecule has 0 aliphatic rings. The van der Waals surface area contributed by atoms with Gasteiger partial charge in [-0.15, -0.1) is 0 Å². The second kappa shape index (κ2) is 10.6. The number of guanidine groups is 1. The lowest BCUT2D eigenvalue weighted by Gasteiger charge is -2.17. The number of rotatable bonds is 8. The molecule has 5 heteroatoms. The Balaban J connectivity index is 2.55. The maximum Gasteiger partial charge on any atom is 0.251 e. The van der Waals surface area contributed by atoms with Gasteiger partial charge in [-0.1, -0.05) is 38.8 Å². The van der Waals surface area contributed by atoms with Crippen LogP contribution < -0.4 is 16.0 Å². The van der Waals surface area contributed by atoms with E-state index in [0.29, 0.717) is 24.6 Å². The molecule has 0 unspecified atom stereocenters. The van der Waals surface area contributed by atoms with Crippen LogP contribution >= 0.6 is 0 Å². The summed E-state index contributed by atoms with van der Waals surface area (Å²) >= 11 is 0. The summed E-state index contributed by atoms with van der Waals surface area (Å²) in [6.07, 6.45) is 2.32. The first-order valence-electron chi connectivity index (χ1n) is 8.46. The molecule has 0 heterocycles. The number of amides is 1. The largest absolute Gasteiger partial charge is 0.356 e. The average molecular weight is 318 g/mol. The molecule has 0 spiro atoms. The Morgan fingerprint density at radius 2 is 1.87 bits per heavy atom. The zero-order chi connectivity index (χ0) is 17.1. The number of nitrogens with zero attached hydrogens (tertiary/aromatic N) is 1. The van der Waals surface area contributed by atoms with Crippen molar-refractivity contribution in [2.45, 2.75) is 40.2 Å². The van der Waals surface area contributed by atoms with Crippen LogP contribution in [0.4, 0.5) is 0 Å². The van der Waals surface area contributed by atoms with E-state index in [1.807, 2.05) is 31.2 Å². The molecule has 0 aliphatic carbocycles. The molecule has 1 rings (SSSR count). The van der Waals surface area contributed by atoms with E-state index in [1.165, 1.54) is 0 Å². The van der Waals surface area contributed by atoms with Crippen molar-refractivity contribution in [1.82, 2.24) is 16.0 Å². The first kappa shape index (κ1) is 19.0. The number of hydrogen-bond donors (Lipinski definition) is 3. The van der Waals surface area contributed by atoms with Gasteiger partial charge in [-0.2, -0.15) is 0 Å². The minimum atomic E-state index is -0.0365. The van der Waals surface area contributed by atoms with E-state index in [1.54, 1.807) is 7.05 Å². The molecule has 0 radical (unpaired) electrons. The van der Waals surface area contributed by atoms with Crippen molar-refractivity contribution in [1.29, 1.82) is 0 Å². The summed E-state index contributed by atoms with van der Waals surface area (Å²) in [5.74, 6) is 1.42. The van der Waals surface area contributed by atoms with Crippen LogP contribution in [-0.2, 0) is 6.54 Å².